The molecule has 18 heteroatoms. The molecule has 0 aromatic heterocycles. The van der Waals surface area contributed by atoms with Crippen molar-refractivity contribution in [3.8, 4) is 0 Å². The average molecular weight is 925 g/mol. The maximum absolute atomic E-state index is 6.69. The Labute approximate surface area is 316 Å². The highest BCUT2D eigenvalue weighted by molar-refractivity contribution is 7.46. The van der Waals surface area contributed by atoms with Crippen LogP contribution in [0.25, 0.3) is 0 Å². The van der Waals surface area contributed by atoms with Crippen molar-refractivity contribution < 1.29 is 0 Å². The van der Waals surface area contributed by atoms with E-state index in [1.165, 1.54) is 33.4 Å². The van der Waals surface area contributed by atoms with Crippen molar-refractivity contribution in [1.29, 1.82) is 0 Å². The lowest BCUT2D eigenvalue weighted by atomic mass is 9.81. The molecule has 0 saturated carbocycles. The molecule has 0 fully saturated rings. The van der Waals surface area contributed by atoms with Crippen LogP contribution in [0, 0.1) is 0 Å². The second-order valence-corrected chi connectivity index (χ2v) is 61.6. The Hall–Kier alpha value is 4.00. The van der Waals surface area contributed by atoms with Crippen molar-refractivity contribution in [3.63, 3.8) is 0 Å². The predicted molar refractivity (Wildman–Crippen MR) is 217 cm³/mol. The standard InChI is InChI=1S/C24H42Cl12Si6/c1-37(25,26)13-7-19-20(8-14-38(2,27)28)22(10-16-40(4,31)32)24(12-18-42(6,35)36)23(11-17-41(5,33)34)21(19)9-15-39(3,29)30/h7-18H2,1-6H3. The summed E-state index contributed by atoms with van der Waals surface area (Å²) in [5.41, 5.74) is 7.49. The summed E-state index contributed by atoms with van der Waals surface area (Å²) in [6, 6.07) is 4.19. The van der Waals surface area contributed by atoms with Gasteiger partial charge in [-0.3, -0.25) is 0 Å². The first-order valence-corrected chi connectivity index (χ1v) is 42.4. The number of benzene rings is 1. The van der Waals surface area contributed by atoms with Crippen LogP contribution < -0.4 is 0 Å². The van der Waals surface area contributed by atoms with Crippen LogP contribution in [0.2, 0.25) is 75.5 Å². The van der Waals surface area contributed by atoms with Gasteiger partial charge in [-0.25, -0.2) is 0 Å². The van der Waals surface area contributed by atoms with Crippen molar-refractivity contribution in [2.45, 2.75) is 114 Å². The van der Waals surface area contributed by atoms with Crippen molar-refractivity contribution in [1.82, 2.24) is 0 Å². The van der Waals surface area contributed by atoms with E-state index in [9.17, 15) is 0 Å². The molecule has 0 aliphatic carbocycles. The summed E-state index contributed by atoms with van der Waals surface area (Å²) in [5.74, 6) is 0. The Morgan fingerprint density at radius 3 is 0.429 bits per heavy atom. The molecule has 0 amide bonds. The molecule has 1 aromatic rings. The van der Waals surface area contributed by atoms with Gasteiger partial charge in [-0.2, -0.15) is 0 Å². The van der Waals surface area contributed by atoms with Gasteiger partial charge in [0.05, 0.1) is 0 Å². The Balaban J connectivity index is 4.23. The summed E-state index contributed by atoms with van der Waals surface area (Å²) < 4.78 is 0. The fourth-order valence-corrected chi connectivity index (χ4v) is 12.5. The zero-order valence-electron chi connectivity index (χ0n) is 25.0. The van der Waals surface area contributed by atoms with E-state index in [2.05, 4.69) is 0 Å². The molecular formula is C24H42Cl12Si6. The monoisotopic (exact) mass is 918 g/mol. The maximum atomic E-state index is 6.69. The summed E-state index contributed by atoms with van der Waals surface area (Å²) in [5, 5.41) is 0. The Bertz CT molecular complexity index is 787. The molecule has 0 nitrogen and oxygen atoms in total. The number of rotatable bonds is 18. The normalized spacial score (nSPS) is 14.1. The molecule has 0 N–H and O–H groups in total. The molecule has 0 bridgehead atoms. The minimum atomic E-state index is -2.43. The van der Waals surface area contributed by atoms with Gasteiger partial charge >= 0.3 is 0 Å². The van der Waals surface area contributed by atoms with Crippen LogP contribution in [-0.4, -0.2) is 40.2 Å². The third-order valence-electron chi connectivity index (χ3n) is 7.07. The largest absolute Gasteiger partial charge is 0.248 e. The Kier molecular flexibility index (Phi) is 18.6. The quantitative estimate of drug-likeness (QED) is 0.102. The third kappa shape index (κ3) is 19.9. The summed E-state index contributed by atoms with van der Waals surface area (Å²) in [6.07, 6.45) is 4.40. The highest BCUT2D eigenvalue weighted by Gasteiger charge is 2.33. The van der Waals surface area contributed by atoms with E-state index in [1.54, 1.807) is 0 Å². The van der Waals surface area contributed by atoms with Crippen LogP contribution in [0.1, 0.15) is 33.4 Å². The highest BCUT2D eigenvalue weighted by atomic mass is 35.7. The van der Waals surface area contributed by atoms with Crippen LogP contribution in [0.15, 0.2) is 0 Å². The minimum Gasteiger partial charge on any atom is -0.146 e. The molecule has 1 rings (SSSR count). The predicted octanol–water partition coefficient (Wildman–Crippen LogP) is 14.2. The maximum Gasteiger partial charge on any atom is 0.248 e. The smallest absolute Gasteiger partial charge is 0.146 e. The molecule has 0 spiro atoms. The van der Waals surface area contributed by atoms with Crippen LogP contribution >= 0.6 is 133 Å². The first kappa shape index (κ1) is 44.0. The Morgan fingerprint density at radius 2 is 0.357 bits per heavy atom. The summed E-state index contributed by atoms with van der Waals surface area (Å²) in [7, 11) is 0. The SMILES string of the molecule is C[Si](Cl)(Cl)CCc1c(CC[Si](C)(Cl)Cl)c(CC[Si](C)(Cl)Cl)c(CC[Si](C)(Cl)Cl)c(CC[Si](C)(Cl)Cl)c1CC[Si](C)(Cl)Cl. The lowest BCUT2D eigenvalue weighted by Crippen LogP contribution is -2.24. The van der Waals surface area contributed by atoms with Crippen LogP contribution in [0.4, 0.5) is 0 Å². The molecule has 0 heterocycles. The van der Waals surface area contributed by atoms with Gasteiger partial charge in [0.15, 0.2) is 0 Å². The van der Waals surface area contributed by atoms with E-state index in [0.29, 0.717) is 36.3 Å². The molecule has 246 valence electrons. The summed E-state index contributed by atoms with van der Waals surface area (Å²) >= 11 is 80.3. The van der Waals surface area contributed by atoms with E-state index in [-0.39, 0.29) is 0 Å². The van der Waals surface area contributed by atoms with Crippen LogP contribution in [0.3, 0.4) is 0 Å². The van der Waals surface area contributed by atoms with E-state index in [1.807, 2.05) is 39.3 Å². The summed E-state index contributed by atoms with van der Waals surface area (Å²) in [4.78, 5) is 0. The van der Waals surface area contributed by atoms with Crippen LogP contribution in [0.5, 0.6) is 0 Å². The highest BCUT2D eigenvalue weighted by Crippen LogP contribution is 2.41. The van der Waals surface area contributed by atoms with Gasteiger partial charge in [-0.05, 0) is 147 Å². The molecule has 0 aliphatic rings. The molecule has 0 radical (unpaired) electrons. The summed E-state index contributed by atoms with van der Waals surface area (Å²) in [6.45, 7) is -2.86. The van der Waals surface area contributed by atoms with E-state index in [4.69, 9.17) is 133 Å². The van der Waals surface area contributed by atoms with Gasteiger partial charge in [-0.15, -0.1) is 133 Å². The van der Waals surface area contributed by atoms with E-state index < -0.39 is 40.2 Å². The fourth-order valence-electron chi connectivity index (χ4n) is 4.97. The van der Waals surface area contributed by atoms with Gasteiger partial charge in [0.25, 0.3) is 0 Å². The molecule has 42 heavy (non-hydrogen) atoms. The van der Waals surface area contributed by atoms with Gasteiger partial charge in [0.2, 0.25) is 40.2 Å². The molecular weight excluding hydrogens is 882 g/mol. The second kappa shape index (κ2) is 17.8. The molecule has 0 saturated heterocycles. The second-order valence-electron chi connectivity index (χ2n) is 12.3. The van der Waals surface area contributed by atoms with Crippen molar-refractivity contribution in [3.05, 3.63) is 33.4 Å². The first-order chi connectivity index (χ1) is 18.6. The van der Waals surface area contributed by atoms with Crippen molar-refractivity contribution >= 4 is 173 Å². The Morgan fingerprint density at radius 1 is 0.262 bits per heavy atom. The number of hydrogen-bond donors (Lipinski definition) is 0. The zero-order valence-corrected chi connectivity index (χ0v) is 40.1. The molecule has 0 aliphatic heterocycles. The zero-order chi connectivity index (χ0) is 32.9. The van der Waals surface area contributed by atoms with E-state index in [0.717, 1.165) is 38.5 Å². The third-order valence-corrected chi connectivity index (χ3v) is 20.6. The van der Waals surface area contributed by atoms with Gasteiger partial charge in [0, 0.05) is 0 Å². The molecule has 1 aromatic carbocycles. The molecule has 0 unspecified atom stereocenters. The van der Waals surface area contributed by atoms with Crippen LogP contribution in [-0.2, 0) is 38.5 Å². The first-order valence-electron chi connectivity index (χ1n) is 14.0. The van der Waals surface area contributed by atoms with Gasteiger partial charge in [-0.1, -0.05) is 0 Å². The number of hydrogen-bond acceptors (Lipinski definition) is 0. The van der Waals surface area contributed by atoms with E-state index >= 15 is 0 Å². The molecule has 0 atom stereocenters. The van der Waals surface area contributed by atoms with Gasteiger partial charge < -0.3 is 0 Å². The average Bonchev–Trinajstić information content (AvgIpc) is 2.72. The fraction of sp³-hybridized carbons (Fsp3) is 0.750. The number of halogens is 12. The van der Waals surface area contributed by atoms with Crippen molar-refractivity contribution in [2.24, 2.45) is 0 Å². The van der Waals surface area contributed by atoms with Crippen molar-refractivity contribution in [2.75, 3.05) is 0 Å². The van der Waals surface area contributed by atoms with Gasteiger partial charge in [0.1, 0.15) is 0 Å². The lowest BCUT2D eigenvalue weighted by Gasteiger charge is -2.30. The topological polar surface area (TPSA) is 0 Å². The lowest BCUT2D eigenvalue weighted by molar-refractivity contribution is 0.866. The minimum absolute atomic E-state index is 0.699.